The number of carbonyl (C=O) groups is 4. The molecule has 0 saturated heterocycles. The molecule has 2 aromatic rings. The zero-order valence-electron chi connectivity index (χ0n) is 26.7. The topological polar surface area (TPSA) is 190 Å². The fourth-order valence-corrected chi connectivity index (χ4v) is 5.30. The van der Waals surface area contributed by atoms with Crippen LogP contribution in [0.1, 0.15) is 41.4 Å². The van der Waals surface area contributed by atoms with Crippen molar-refractivity contribution in [2.24, 2.45) is 0 Å². The minimum Gasteiger partial charge on any atom is -0.491 e. The SMILES string of the molecule is COC(=O)c1cc(OCCOCCS/C(C#N)=C(/C#N)SCCOCCOc2cc(C(=O)OC)cc(C(=O)OC)c2)cc(C(=O)OC)c1. The molecule has 0 unspecified atom stereocenters. The van der Waals surface area contributed by atoms with Gasteiger partial charge >= 0.3 is 23.9 Å². The smallest absolute Gasteiger partial charge is 0.338 e. The van der Waals surface area contributed by atoms with E-state index in [1.807, 2.05) is 12.1 Å². The van der Waals surface area contributed by atoms with Gasteiger partial charge in [-0.1, -0.05) is 0 Å². The first-order valence-corrected chi connectivity index (χ1v) is 16.0. The molecule has 2 rings (SSSR count). The predicted molar refractivity (Wildman–Crippen MR) is 174 cm³/mol. The summed E-state index contributed by atoms with van der Waals surface area (Å²) in [6.45, 7) is 1.15. The minimum atomic E-state index is -0.633. The fourth-order valence-electron chi connectivity index (χ4n) is 3.65. The number of nitriles is 2. The number of ether oxygens (including phenoxy) is 8. The molecular formula is C32H34N2O12S2. The Kier molecular flexibility index (Phi) is 18.0. The third-order valence-corrected chi connectivity index (χ3v) is 7.89. The molecule has 0 N–H and O–H groups in total. The Morgan fingerprint density at radius 3 is 1.10 bits per heavy atom. The van der Waals surface area contributed by atoms with Crippen LogP contribution in [0.15, 0.2) is 46.2 Å². The van der Waals surface area contributed by atoms with Gasteiger partial charge in [0.25, 0.3) is 0 Å². The number of thioether (sulfide) groups is 2. The molecule has 0 aromatic heterocycles. The Morgan fingerprint density at radius 1 is 0.521 bits per heavy atom. The Hall–Kier alpha value is -4.74. The van der Waals surface area contributed by atoms with E-state index in [9.17, 15) is 29.7 Å². The molecule has 2 aromatic carbocycles. The average molecular weight is 703 g/mol. The lowest BCUT2D eigenvalue weighted by atomic mass is 10.1. The van der Waals surface area contributed by atoms with Crippen molar-refractivity contribution >= 4 is 47.4 Å². The summed E-state index contributed by atoms with van der Waals surface area (Å²) in [5.74, 6) is -1.20. The summed E-state index contributed by atoms with van der Waals surface area (Å²) >= 11 is 2.37. The van der Waals surface area contributed by atoms with Crippen LogP contribution in [0.5, 0.6) is 11.5 Å². The van der Waals surface area contributed by atoms with Gasteiger partial charge in [0.2, 0.25) is 0 Å². The second-order valence-corrected chi connectivity index (χ2v) is 11.2. The molecule has 48 heavy (non-hydrogen) atoms. The second-order valence-electron chi connectivity index (χ2n) is 8.96. The van der Waals surface area contributed by atoms with E-state index >= 15 is 0 Å². The van der Waals surface area contributed by atoms with Gasteiger partial charge in [0, 0.05) is 11.5 Å². The van der Waals surface area contributed by atoms with Crippen LogP contribution in [0.4, 0.5) is 0 Å². The molecule has 0 aliphatic heterocycles. The van der Waals surface area contributed by atoms with E-state index in [1.165, 1.54) is 88.4 Å². The average Bonchev–Trinajstić information content (AvgIpc) is 3.12. The van der Waals surface area contributed by atoms with Crippen LogP contribution in [0, 0.1) is 22.7 Å². The van der Waals surface area contributed by atoms with Crippen molar-refractivity contribution in [1.82, 2.24) is 0 Å². The van der Waals surface area contributed by atoms with Crippen molar-refractivity contribution in [3.8, 4) is 23.6 Å². The maximum Gasteiger partial charge on any atom is 0.338 e. The summed E-state index contributed by atoms with van der Waals surface area (Å²) in [7, 11) is 4.90. The van der Waals surface area contributed by atoms with Gasteiger partial charge in [-0.25, -0.2) is 19.2 Å². The Morgan fingerprint density at radius 2 is 0.833 bits per heavy atom. The molecule has 0 spiro atoms. The third kappa shape index (κ3) is 13.2. The summed E-state index contributed by atoms with van der Waals surface area (Å²) in [5.41, 5.74) is 0.525. The second kappa shape index (κ2) is 21.9. The number of allylic oxidation sites excluding steroid dienone is 2. The van der Waals surface area contributed by atoms with Crippen LogP contribution in [0.25, 0.3) is 0 Å². The first kappa shape index (κ1) is 39.4. The van der Waals surface area contributed by atoms with Crippen LogP contribution in [-0.4, -0.2) is 103 Å². The quantitative estimate of drug-likeness (QED) is 0.0830. The molecule has 0 bridgehead atoms. The van der Waals surface area contributed by atoms with E-state index in [2.05, 4.69) is 0 Å². The van der Waals surface area contributed by atoms with Crippen molar-refractivity contribution < 1.29 is 57.1 Å². The number of hydrogen-bond acceptors (Lipinski definition) is 16. The van der Waals surface area contributed by atoms with E-state index in [-0.39, 0.29) is 83.2 Å². The Labute approximate surface area is 286 Å². The van der Waals surface area contributed by atoms with Crippen molar-refractivity contribution in [2.45, 2.75) is 0 Å². The van der Waals surface area contributed by atoms with E-state index in [1.54, 1.807) is 0 Å². The summed E-state index contributed by atoms with van der Waals surface area (Å²) in [6, 6.07) is 12.5. The van der Waals surface area contributed by atoms with Gasteiger partial charge in [-0.15, -0.1) is 23.5 Å². The van der Waals surface area contributed by atoms with Gasteiger partial charge in [0.1, 0.15) is 46.7 Å². The zero-order valence-corrected chi connectivity index (χ0v) is 28.4. The summed E-state index contributed by atoms with van der Waals surface area (Å²) < 4.78 is 41.1. The van der Waals surface area contributed by atoms with Gasteiger partial charge in [0.15, 0.2) is 0 Å². The number of rotatable bonds is 20. The monoisotopic (exact) mass is 702 g/mol. The third-order valence-electron chi connectivity index (χ3n) is 5.85. The summed E-state index contributed by atoms with van der Waals surface area (Å²) in [5, 5.41) is 19.1. The standard InChI is InChI=1S/C32H34N2O12S2/c1-39-29(35)21-13-22(30(36)40-2)16-25(15-21)45-7-5-43-9-11-47-27(19-33)28(20-34)48-12-10-44-6-8-46-26-17-23(31(37)41-3)14-24(18-26)32(38)42-4/h13-18H,5-12H2,1-4H3/b28-27-. The molecule has 0 heterocycles. The molecule has 0 atom stereocenters. The molecule has 256 valence electrons. The van der Waals surface area contributed by atoms with Crippen LogP contribution >= 0.6 is 23.5 Å². The summed E-state index contributed by atoms with van der Waals surface area (Å²) in [6.07, 6.45) is 0. The maximum absolute atomic E-state index is 11.9. The number of benzene rings is 2. The highest BCUT2D eigenvalue weighted by molar-refractivity contribution is 8.07. The number of esters is 4. The van der Waals surface area contributed by atoms with Crippen LogP contribution < -0.4 is 9.47 Å². The van der Waals surface area contributed by atoms with Crippen LogP contribution in [0.2, 0.25) is 0 Å². The van der Waals surface area contributed by atoms with Crippen LogP contribution in [-0.2, 0) is 28.4 Å². The Bertz CT molecular complexity index is 1370. The molecule has 0 aliphatic carbocycles. The van der Waals surface area contributed by atoms with Gasteiger partial charge in [0.05, 0.1) is 77.1 Å². The van der Waals surface area contributed by atoms with Gasteiger partial charge in [-0.05, 0) is 36.4 Å². The van der Waals surface area contributed by atoms with E-state index in [4.69, 9.17) is 37.9 Å². The van der Waals surface area contributed by atoms with E-state index in [0.29, 0.717) is 11.5 Å². The highest BCUT2D eigenvalue weighted by Gasteiger charge is 2.16. The molecule has 0 aliphatic rings. The molecule has 0 saturated carbocycles. The molecule has 0 fully saturated rings. The largest absolute Gasteiger partial charge is 0.491 e. The number of carbonyl (C=O) groups excluding carboxylic acids is 4. The van der Waals surface area contributed by atoms with Crippen molar-refractivity contribution in [2.75, 3.05) is 79.6 Å². The minimum absolute atomic E-state index is 0.121. The normalized spacial score (nSPS) is 10.9. The van der Waals surface area contributed by atoms with Gasteiger partial charge in [-0.2, -0.15) is 10.5 Å². The zero-order chi connectivity index (χ0) is 35.3. The number of hydrogen-bond donors (Lipinski definition) is 0. The first-order chi connectivity index (χ1) is 23.2. The van der Waals surface area contributed by atoms with Crippen molar-refractivity contribution in [3.63, 3.8) is 0 Å². The van der Waals surface area contributed by atoms with Gasteiger partial charge in [-0.3, -0.25) is 0 Å². The van der Waals surface area contributed by atoms with Crippen molar-refractivity contribution in [3.05, 3.63) is 68.5 Å². The van der Waals surface area contributed by atoms with E-state index in [0.717, 1.165) is 0 Å². The molecule has 0 amide bonds. The lowest BCUT2D eigenvalue weighted by Crippen LogP contribution is -2.11. The molecule has 0 radical (unpaired) electrons. The first-order valence-electron chi connectivity index (χ1n) is 14.1. The lowest BCUT2D eigenvalue weighted by Gasteiger charge is -2.11. The van der Waals surface area contributed by atoms with E-state index < -0.39 is 23.9 Å². The Balaban J connectivity index is 1.73. The number of methoxy groups -OCH3 is 4. The van der Waals surface area contributed by atoms with Crippen LogP contribution in [0.3, 0.4) is 0 Å². The summed E-state index contributed by atoms with van der Waals surface area (Å²) in [4.78, 5) is 48.2. The lowest BCUT2D eigenvalue weighted by molar-refractivity contribution is 0.0580. The maximum atomic E-state index is 11.9. The predicted octanol–water partition coefficient (Wildman–Crippen LogP) is 4.05. The molecule has 14 nitrogen and oxygen atoms in total. The van der Waals surface area contributed by atoms with Gasteiger partial charge < -0.3 is 37.9 Å². The number of nitrogens with zero attached hydrogens (tertiary/aromatic N) is 2. The highest BCUT2D eigenvalue weighted by Crippen LogP contribution is 2.27. The van der Waals surface area contributed by atoms with Crippen molar-refractivity contribution in [1.29, 1.82) is 10.5 Å². The fraction of sp³-hybridized carbons (Fsp3) is 0.375. The molecular weight excluding hydrogens is 668 g/mol. The molecule has 16 heteroatoms. The highest BCUT2D eigenvalue weighted by atomic mass is 32.2.